The Morgan fingerprint density at radius 1 is 0.914 bits per heavy atom. The molecule has 2 heterocycles. The van der Waals surface area contributed by atoms with Gasteiger partial charge in [-0.1, -0.05) is 18.2 Å². The minimum Gasteiger partial charge on any atom is -0.491 e. The van der Waals surface area contributed by atoms with Gasteiger partial charge in [-0.3, -0.25) is 4.98 Å². The highest BCUT2D eigenvalue weighted by Gasteiger charge is 2.13. The molecule has 0 aliphatic carbocycles. The quantitative estimate of drug-likeness (QED) is 0.336. The van der Waals surface area contributed by atoms with Crippen LogP contribution in [0.4, 0.5) is 23.1 Å². The zero-order valence-electron chi connectivity index (χ0n) is 20.0. The molecular formula is C27H30N6O2. The third-order valence-corrected chi connectivity index (χ3v) is 5.20. The van der Waals surface area contributed by atoms with Gasteiger partial charge in [-0.05, 0) is 74.3 Å². The number of aromatic nitrogens is 3. The van der Waals surface area contributed by atoms with Crippen LogP contribution < -0.4 is 15.0 Å². The smallest absolute Gasteiger partial charge is 0.229 e. The zero-order valence-corrected chi connectivity index (χ0v) is 20.0. The van der Waals surface area contributed by atoms with Crippen molar-refractivity contribution in [3.05, 3.63) is 97.0 Å². The molecule has 35 heavy (non-hydrogen) atoms. The van der Waals surface area contributed by atoms with Crippen LogP contribution in [0.3, 0.4) is 0 Å². The molecule has 2 N–H and O–H groups in total. The van der Waals surface area contributed by atoms with Crippen molar-refractivity contribution in [1.82, 2.24) is 19.9 Å². The summed E-state index contributed by atoms with van der Waals surface area (Å²) in [5, 5.41) is 13.2. The van der Waals surface area contributed by atoms with Crippen molar-refractivity contribution in [2.75, 3.05) is 37.5 Å². The van der Waals surface area contributed by atoms with Gasteiger partial charge in [0.05, 0.1) is 0 Å². The number of hydrogen-bond acceptors (Lipinski definition) is 8. The van der Waals surface area contributed by atoms with Gasteiger partial charge < -0.3 is 25.0 Å². The summed E-state index contributed by atoms with van der Waals surface area (Å²) < 4.78 is 5.68. The molecule has 0 fully saturated rings. The Balaban J connectivity index is 1.46. The topological polar surface area (TPSA) is 86.6 Å². The predicted octanol–water partition coefficient (Wildman–Crippen LogP) is 4.25. The lowest BCUT2D eigenvalue weighted by atomic mass is 10.2. The molecular weight excluding hydrogens is 440 g/mol. The van der Waals surface area contributed by atoms with Crippen LogP contribution in [0.2, 0.25) is 0 Å². The van der Waals surface area contributed by atoms with Crippen LogP contribution in [0, 0.1) is 0 Å². The second-order valence-electron chi connectivity index (χ2n) is 8.39. The fourth-order valence-corrected chi connectivity index (χ4v) is 3.57. The van der Waals surface area contributed by atoms with E-state index in [1.54, 1.807) is 18.6 Å². The van der Waals surface area contributed by atoms with Gasteiger partial charge in [0.15, 0.2) is 0 Å². The highest BCUT2D eigenvalue weighted by molar-refractivity contribution is 5.62. The lowest BCUT2D eigenvalue weighted by Crippen LogP contribution is -2.30. The summed E-state index contributed by atoms with van der Waals surface area (Å²) in [6, 6.07) is 23.5. The van der Waals surface area contributed by atoms with Gasteiger partial charge in [0.2, 0.25) is 5.95 Å². The number of likely N-dealkylation sites (N-methyl/N-ethyl adjacent to an activating group) is 1. The normalized spacial score (nSPS) is 11.8. The second kappa shape index (κ2) is 11.9. The number of nitrogens with one attached hydrogen (secondary N) is 1. The molecule has 1 atom stereocenters. The number of nitrogens with zero attached hydrogens (tertiary/aromatic N) is 5. The van der Waals surface area contributed by atoms with Crippen LogP contribution in [0.1, 0.15) is 5.56 Å². The Kier molecular flexibility index (Phi) is 8.21. The molecule has 0 saturated heterocycles. The number of rotatable bonds is 11. The van der Waals surface area contributed by atoms with E-state index in [1.165, 1.54) is 0 Å². The summed E-state index contributed by atoms with van der Waals surface area (Å²) in [6.45, 7) is 1.44. The number of hydrogen-bond donors (Lipinski definition) is 2. The zero-order chi connectivity index (χ0) is 24.5. The standard InChI is InChI=1S/C27H30N6O2/c1-32(2)19-24(34)20-35-25-10-8-22(9-11-25)30-27-29-17-14-26(31-27)33(23-6-4-3-5-7-23)18-21-12-15-28-16-13-21/h3-17,24,34H,18-20H2,1-2H3,(H,29,30,31). The maximum atomic E-state index is 9.97. The third kappa shape index (κ3) is 7.23. The number of para-hydroxylation sites is 1. The van der Waals surface area contributed by atoms with E-state index >= 15 is 0 Å². The molecule has 0 aliphatic heterocycles. The monoisotopic (exact) mass is 470 g/mol. The Labute approximate surface area is 205 Å². The van der Waals surface area contributed by atoms with Gasteiger partial charge in [0.25, 0.3) is 0 Å². The number of anilines is 4. The maximum Gasteiger partial charge on any atom is 0.229 e. The van der Waals surface area contributed by atoms with Crippen LogP contribution in [0.15, 0.2) is 91.4 Å². The summed E-state index contributed by atoms with van der Waals surface area (Å²) >= 11 is 0. The summed E-state index contributed by atoms with van der Waals surface area (Å²) in [5.74, 6) is 1.96. The Bertz CT molecular complexity index is 1170. The first-order valence-corrected chi connectivity index (χ1v) is 11.4. The highest BCUT2D eigenvalue weighted by atomic mass is 16.5. The van der Waals surface area contributed by atoms with E-state index in [1.807, 2.05) is 79.7 Å². The molecule has 4 rings (SSSR count). The van der Waals surface area contributed by atoms with Crippen LogP contribution in [-0.2, 0) is 6.54 Å². The Hall–Kier alpha value is -4.01. The number of aliphatic hydroxyl groups is 1. The van der Waals surface area contributed by atoms with Gasteiger partial charge >= 0.3 is 0 Å². The van der Waals surface area contributed by atoms with Crippen LogP contribution in [0.5, 0.6) is 5.75 Å². The van der Waals surface area contributed by atoms with E-state index in [4.69, 9.17) is 9.72 Å². The molecule has 4 aromatic rings. The predicted molar refractivity (Wildman–Crippen MR) is 138 cm³/mol. The fourth-order valence-electron chi connectivity index (χ4n) is 3.57. The van der Waals surface area contributed by atoms with Crippen molar-refractivity contribution in [3.63, 3.8) is 0 Å². The third-order valence-electron chi connectivity index (χ3n) is 5.20. The highest BCUT2D eigenvalue weighted by Crippen LogP contribution is 2.27. The summed E-state index contributed by atoms with van der Waals surface area (Å²) in [5.41, 5.74) is 3.00. The number of ether oxygens (including phenoxy) is 1. The lowest BCUT2D eigenvalue weighted by molar-refractivity contribution is 0.0831. The van der Waals surface area contributed by atoms with Gasteiger partial charge in [0.1, 0.15) is 24.3 Å². The lowest BCUT2D eigenvalue weighted by Gasteiger charge is -2.24. The van der Waals surface area contributed by atoms with Crippen molar-refractivity contribution < 1.29 is 9.84 Å². The molecule has 2 aromatic carbocycles. The van der Waals surface area contributed by atoms with Crippen molar-refractivity contribution in [1.29, 1.82) is 0 Å². The van der Waals surface area contributed by atoms with Crippen molar-refractivity contribution in [3.8, 4) is 5.75 Å². The van der Waals surface area contributed by atoms with Gasteiger partial charge in [0, 0.05) is 43.1 Å². The molecule has 8 heteroatoms. The van der Waals surface area contributed by atoms with Crippen LogP contribution in [-0.4, -0.2) is 58.3 Å². The maximum absolute atomic E-state index is 9.97. The van der Waals surface area contributed by atoms with Crippen molar-refractivity contribution in [2.45, 2.75) is 12.6 Å². The molecule has 2 aromatic heterocycles. The second-order valence-corrected chi connectivity index (χ2v) is 8.39. The van der Waals surface area contributed by atoms with E-state index in [0.29, 0.717) is 24.8 Å². The molecule has 0 amide bonds. The minimum atomic E-state index is -0.543. The van der Waals surface area contributed by atoms with Crippen LogP contribution in [0.25, 0.3) is 0 Å². The molecule has 0 aliphatic rings. The molecule has 0 saturated carbocycles. The molecule has 8 nitrogen and oxygen atoms in total. The average Bonchev–Trinajstić information content (AvgIpc) is 2.88. The first-order valence-electron chi connectivity index (χ1n) is 11.4. The van der Waals surface area contributed by atoms with E-state index in [9.17, 15) is 5.11 Å². The molecule has 0 bridgehead atoms. The van der Waals surface area contributed by atoms with Crippen molar-refractivity contribution in [2.24, 2.45) is 0 Å². The summed E-state index contributed by atoms with van der Waals surface area (Å²) in [7, 11) is 3.83. The van der Waals surface area contributed by atoms with Gasteiger partial charge in [-0.25, -0.2) is 4.98 Å². The Morgan fingerprint density at radius 3 is 2.37 bits per heavy atom. The molecule has 1 unspecified atom stereocenters. The average molecular weight is 471 g/mol. The first-order chi connectivity index (χ1) is 17.1. The van der Waals surface area contributed by atoms with E-state index in [2.05, 4.69) is 32.3 Å². The number of pyridine rings is 1. The Morgan fingerprint density at radius 2 is 1.66 bits per heavy atom. The van der Waals surface area contributed by atoms with Gasteiger partial charge in [-0.2, -0.15) is 4.98 Å². The van der Waals surface area contributed by atoms with E-state index in [-0.39, 0.29) is 6.61 Å². The molecule has 180 valence electrons. The largest absolute Gasteiger partial charge is 0.491 e. The first kappa shape index (κ1) is 24.1. The SMILES string of the molecule is CN(C)CC(O)COc1ccc(Nc2nccc(N(Cc3ccncc3)c3ccccc3)n2)cc1. The van der Waals surface area contributed by atoms with Gasteiger partial charge in [-0.15, -0.1) is 0 Å². The van der Waals surface area contributed by atoms with Crippen molar-refractivity contribution >= 4 is 23.1 Å². The molecule has 0 spiro atoms. The number of benzene rings is 2. The van der Waals surface area contributed by atoms with Crippen LogP contribution >= 0.6 is 0 Å². The summed E-state index contributed by atoms with van der Waals surface area (Å²) in [6.07, 6.45) is 4.79. The molecule has 0 radical (unpaired) electrons. The van der Waals surface area contributed by atoms with E-state index < -0.39 is 6.10 Å². The number of aliphatic hydroxyl groups excluding tert-OH is 1. The minimum absolute atomic E-state index is 0.239. The van der Waals surface area contributed by atoms with E-state index in [0.717, 1.165) is 22.8 Å². The summed E-state index contributed by atoms with van der Waals surface area (Å²) in [4.78, 5) is 17.3. The fraction of sp³-hybridized carbons (Fsp3) is 0.222.